The third-order valence-electron chi connectivity index (χ3n) is 3.70. The molecule has 1 aromatic rings. The summed E-state index contributed by atoms with van der Waals surface area (Å²) >= 11 is 0. The van der Waals surface area contributed by atoms with Gasteiger partial charge < -0.3 is 16.0 Å². The van der Waals surface area contributed by atoms with E-state index >= 15 is 0 Å². The van der Waals surface area contributed by atoms with Crippen molar-refractivity contribution in [3.05, 3.63) is 35.9 Å². The van der Waals surface area contributed by atoms with E-state index in [-0.39, 0.29) is 0 Å². The second kappa shape index (κ2) is 8.42. The van der Waals surface area contributed by atoms with E-state index in [1.807, 2.05) is 30.3 Å². The first-order valence-corrected chi connectivity index (χ1v) is 7.56. The first-order chi connectivity index (χ1) is 10.3. The van der Waals surface area contributed by atoms with Crippen LogP contribution in [0.15, 0.2) is 30.3 Å². The summed E-state index contributed by atoms with van der Waals surface area (Å²) in [5, 5.41) is 8.65. The fourth-order valence-electron chi connectivity index (χ4n) is 2.46. The highest BCUT2D eigenvalue weighted by molar-refractivity contribution is 6.35. The van der Waals surface area contributed by atoms with E-state index in [0.717, 1.165) is 37.9 Å². The van der Waals surface area contributed by atoms with E-state index in [1.165, 1.54) is 0 Å². The number of hydrogen-bond acceptors (Lipinski definition) is 3. The standard InChI is InChI=1S/C16H23N3O2/c20-15(18-10-8-13-5-2-1-3-6-13)16(21)19-12-14-7-4-9-17-11-14/h1-3,5-6,14,17H,4,7-12H2,(H,18,20)(H,19,21). The molecule has 0 aromatic heterocycles. The van der Waals surface area contributed by atoms with Crippen molar-refractivity contribution in [2.45, 2.75) is 19.3 Å². The molecular formula is C16H23N3O2. The van der Waals surface area contributed by atoms with Crippen LogP contribution in [0.5, 0.6) is 0 Å². The average molecular weight is 289 g/mol. The maximum absolute atomic E-state index is 11.7. The molecule has 5 heteroatoms. The molecule has 1 unspecified atom stereocenters. The third-order valence-corrected chi connectivity index (χ3v) is 3.70. The van der Waals surface area contributed by atoms with Crippen LogP contribution in [0.2, 0.25) is 0 Å². The molecule has 3 N–H and O–H groups in total. The van der Waals surface area contributed by atoms with Gasteiger partial charge in [-0.15, -0.1) is 0 Å². The minimum Gasteiger partial charge on any atom is -0.348 e. The van der Waals surface area contributed by atoms with Crippen molar-refractivity contribution in [2.24, 2.45) is 5.92 Å². The van der Waals surface area contributed by atoms with Crippen molar-refractivity contribution in [1.82, 2.24) is 16.0 Å². The van der Waals surface area contributed by atoms with E-state index in [1.54, 1.807) is 0 Å². The van der Waals surface area contributed by atoms with Gasteiger partial charge in [-0.3, -0.25) is 9.59 Å². The molecule has 2 rings (SSSR count). The van der Waals surface area contributed by atoms with Gasteiger partial charge in [0.2, 0.25) is 0 Å². The zero-order valence-corrected chi connectivity index (χ0v) is 12.2. The SMILES string of the molecule is O=C(NCCc1ccccc1)C(=O)NCC1CCCNC1. The van der Waals surface area contributed by atoms with Gasteiger partial charge >= 0.3 is 11.8 Å². The molecule has 1 aliphatic heterocycles. The number of nitrogens with one attached hydrogen (secondary N) is 3. The third kappa shape index (κ3) is 5.55. The predicted molar refractivity (Wildman–Crippen MR) is 81.8 cm³/mol. The second-order valence-electron chi connectivity index (χ2n) is 5.41. The lowest BCUT2D eigenvalue weighted by Gasteiger charge is -2.22. The lowest BCUT2D eigenvalue weighted by atomic mass is 10.00. The molecule has 5 nitrogen and oxygen atoms in total. The van der Waals surface area contributed by atoms with Gasteiger partial charge in [0.1, 0.15) is 0 Å². The molecule has 1 atom stereocenters. The Morgan fingerprint density at radius 3 is 2.62 bits per heavy atom. The number of amides is 2. The van der Waals surface area contributed by atoms with Gasteiger partial charge in [0.25, 0.3) is 0 Å². The van der Waals surface area contributed by atoms with Crippen molar-refractivity contribution >= 4 is 11.8 Å². The van der Waals surface area contributed by atoms with Gasteiger partial charge in [-0.05, 0) is 43.8 Å². The van der Waals surface area contributed by atoms with Gasteiger partial charge in [-0.25, -0.2) is 0 Å². The van der Waals surface area contributed by atoms with Crippen LogP contribution in [0.25, 0.3) is 0 Å². The summed E-state index contributed by atoms with van der Waals surface area (Å²) in [5.41, 5.74) is 1.14. The van der Waals surface area contributed by atoms with E-state index in [2.05, 4.69) is 16.0 Å². The molecule has 1 saturated heterocycles. The molecule has 1 aliphatic rings. The molecule has 21 heavy (non-hydrogen) atoms. The molecule has 1 aromatic carbocycles. The van der Waals surface area contributed by atoms with Gasteiger partial charge in [0, 0.05) is 13.1 Å². The smallest absolute Gasteiger partial charge is 0.309 e. The zero-order valence-electron chi connectivity index (χ0n) is 12.2. The Morgan fingerprint density at radius 2 is 1.90 bits per heavy atom. The predicted octanol–water partition coefficient (Wildman–Crippen LogP) is 0.461. The molecule has 1 heterocycles. The van der Waals surface area contributed by atoms with Crippen LogP contribution >= 0.6 is 0 Å². The van der Waals surface area contributed by atoms with Crippen LogP contribution in [0, 0.1) is 5.92 Å². The van der Waals surface area contributed by atoms with Crippen LogP contribution in [0.4, 0.5) is 0 Å². The Morgan fingerprint density at radius 1 is 1.14 bits per heavy atom. The van der Waals surface area contributed by atoms with E-state index < -0.39 is 11.8 Å². The molecule has 0 aliphatic carbocycles. The zero-order chi connectivity index (χ0) is 14.9. The lowest BCUT2D eigenvalue weighted by Crippen LogP contribution is -2.44. The van der Waals surface area contributed by atoms with Crippen molar-refractivity contribution in [3.8, 4) is 0 Å². The molecule has 1 fully saturated rings. The molecule has 0 bridgehead atoms. The molecule has 114 valence electrons. The minimum absolute atomic E-state index is 0.430. The first kappa shape index (κ1) is 15.5. The lowest BCUT2D eigenvalue weighted by molar-refractivity contribution is -0.139. The topological polar surface area (TPSA) is 70.2 Å². The van der Waals surface area contributed by atoms with Crippen LogP contribution in [-0.2, 0) is 16.0 Å². The molecule has 0 radical (unpaired) electrons. The van der Waals surface area contributed by atoms with Crippen LogP contribution in [-0.4, -0.2) is 38.0 Å². The molecule has 0 saturated carbocycles. The van der Waals surface area contributed by atoms with Crippen LogP contribution in [0.1, 0.15) is 18.4 Å². The largest absolute Gasteiger partial charge is 0.348 e. The number of carbonyl (C=O) groups excluding carboxylic acids is 2. The van der Waals surface area contributed by atoms with Crippen LogP contribution in [0.3, 0.4) is 0 Å². The summed E-state index contributed by atoms with van der Waals surface area (Å²) in [5.74, 6) is -0.650. The number of piperidine rings is 1. The maximum atomic E-state index is 11.7. The fourth-order valence-corrected chi connectivity index (χ4v) is 2.46. The number of carbonyl (C=O) groups is 2. The van der Waals surface area contributed by atoms with Crippen molar-refractivity contribution in [3.63, 3.8) is 0 Å². The van der Waals surface area contributed by atoms with Gasteiger partial charge in [-0.2, -0.15) is 0 Å². The normalized spacial score (nSPS) is 18.0. The van der Waals surface area contributed by atoms with Crippen LogP contribution < -0.4 is 16.0 Å². The summed E-state index contributed by atoms with van der Waals surface area (Å²) in [6.45, 7) is 3.00. The highest BCUT2D eigenvalue weighted by Gasteiger charge is 2.17. The van der Waals surface area contributed by atoms with E-state index in [4.69, 9.17) is 0 Å². The number of hydrogen-bond donors (Lipinski definition) is 3. The Balaban J connectivity index is 1.62. The summed E-state index contributed by atoms with van der Waals surface area (Å²) in [6.07, 6.45) is 2.96. The van der Waals surface area contributed by atoms with Crippen molar-refractivity contribution in [2.75, 3.05) is 26.2 Å². The molecule has 0 spiro atoms. The van der Waals surface area contributed by atoms with Gasteiger partial charge in [0.15, 0.2) is 0 Å². The highest BCUT2D eigenvalue weighted by Crippen LogP contribution is 2.07. The van der Waals surface area contributed by atoms with Gasteiger partial charge in [-0.1, -0.05) is 30.3 Å². The summed E-state index contributed by atoms with van der Waals surface area (Å²) in [4.78, 5) is 23.4. The van der Waals surface area contributed by atoms with Crippen molar-refractivity contribution in [1.29, 1.82) is 0 Å². The van der Waals surface area contributed by atoms with E-state index in [0.29, 0.717) is 19.0 Å². The fraction of sp³-hybridized carbons (Fsp3) is 0.500. The highest BCUT2D eigenvalue weighted by atomic mass is 16.2. The summed E-state index contributed by atoms with van der Waals surface area (Å²) < 4.78 is 0. The molecular weight excluding hydrogens is 266 g/mol. The van der Waals surface area contributed by atoms with Crippen molar-refractivity contribution < 1.29 is 9.59 Å². The minimum atomic E-state index is -0.547. The summed E-state index contributed by atoms with van der Waals surface area (Å²) in [6, 6.07) is 9.88. The average Bonchev–Trinajstić information content (AvgIpc) is 2.54. The second-order valence-corrected chi connectivity index (χ2v) is 5.41. The quantitative estimate of drug-likeness (QED) is 0.690. The number of rotatable bonds is 5. The maximum Gasteiger partial charge on any atom is 0.309 e. The first-order valence-electron chi connectivity index (χ1n) is 7.56. The Kier molecular flexibility index (Phi) is 6.22. The Labute approximate surface area is 125 Å². The molecule has 2 amide bonds. The Bertz CT molecular complexity index is 456. The number of benzene rings is 1. The Hall–Kier alpha value is -1.88. The van der Waals surface area contributed by atoms with E-state index in [9.17, 15) is 9.59 Å². The van der Waals surface area contributed by atoms with Gasteiger partial charge in [0.05, 0.1) is 0 Å². The summed E-state index contributed by atoms with van der Waals surface area (Å²) in [7, 11) is 0. The monoisotopic (exact) mass is 289 g/mol.